The number of unbranched alkanes of at least 4 members (excludes halogenated alkanes) is 2. The molecule has 0 unspecified atom stereocenters. The van der Waals surface area contributed by atoms with Gasteiger partial charge in [-0.2, -0.15) is 0 Å². The summed E-state index contributed by atoms with van der Waals surface area (Å²) >= 11 is 0. The Morgan fingerprint density at radius 1 is 1.17 bits per heavy atom. The van der Waals surface area contributed by atoms with Crippen LogP contribution in [0, 0.1) is 12.8 Å². The molecule has 0 aliphatic heterocycles. The predicted octanol–water partition coefficient (Wildman–Crippen LogP) is 6.45. The van der Waals surface area contributed by atoms with Crippen LogP contribution in [0.5, 0.6) is 11.5 Å². The number of aryl methyl sites for hydroxylation is 1. The summed E-state index contributed by atoms with van der Waals surface area (Å²) in [6.45, 7) is 10.8. The number of allylic oxidation sites excluding steroid dienone is 2. The molecule has 0 aromatic heterocycles. The fourth-order valence-electron chi connectivity index (χ4n) is 3.05. The summed E-state index contributed by atoms with van der Waals surface area (Å²) in [5.41, 5.74) is 3.98. The number of benzene rings is 1. The van der Waals surface area contributed by atoms with Gasteiger partial charge < -0.3 is 10.2 Å². The van der Waals surface area contributed by atoms with Crippen molar-refractivity contribution >= 4 is 0 Å². The van der Waals surface area contributed by atoms with Crippen LogP contribution in [0.3, 0.4) is 0 Å². The summed E-state index contributed by atoms with van der Waals surface area (Å²) in [4.78, 5) is 0. The quantitative estimate of drug-likeness (QED) is 0.381. The Hall–Kier alpha value is -1.44. The van der Waals surface area contributed by atoms with Crippen molar-refractivity contribution in [2.45, 2.75) is 86.0 Å². The van der Waals surface area contributed by atoms with Gasteiger partial charge in [0, 0.05) is 5.56 Å². The Labute approximate surface area is 148 Å². The van der Waals surface area contributed by atoms with Crippen molar-refractivity contribution in [3.05, 3.63) is 34.4 Å². The van der Waals surface area contributed by atoms with Crippen LogP contribution in [0.2, 0.25) is 0 Å². The molecule has 0 saturated heterocycles. The molecule has 1 aromatic carbocycles. The molecule has 1 aromatic rings. The van der Waals surface area contributed by atoms with Gasteiger partial charge in [-0.25, -0.2) is 0 Å². The van der Waals surface area contributed by atoms with Gasteiger partial charge in [-0.1, -0.05) is 51.7 Å². The second-order valence-electron chi connectivity index (χ2n) is 7.50. The van der Waals surface area contributed by atoms with E-state index < -0.39 is 0 Å². The molecule has 2 heteroatoms. The van der Waals surface area contributed by atoms with E-state index in [0.29, 0.717) is 12.0 Å². The summed E-state index contributed by atoms with van der Waals surface area (Å²) < 4.78 is 0. The molecule has 0 saturated carbocycles. The molecular weight excluding hydrogens is 296 g/mol. The third-order valence-electron chi connectivity index (χ3n) is 4.80. The summed E-state index contributed by atoms with van der Waals surface area (Å²) in [7, 11) is 0. The van der Waals surface area contributed by atoms with E-state index in [0.717, 1.165) is 36.3 Å². The summed E-state index contributed by atoms with van der Waals surface area (Å²) in [6, 6.07) is 1.85. The van der Waals surface area contributed by atoms with Gasteiger partial charge in [-0.15, -0.1) is 0 Å². The zero-order valence-electron chi connectivity index (χ0n) is 16.3. The van der Waals surface area contributed by atoms with E-state index in [1.807, 2.05) is 13.0 Å². The van der Waals surface area contributed by atoms with Gasteiger partial charge in [0.05, 0.1) is 0 Å². The van der Waals surface area contributed by atoms with Crippen molar-refractivity contribution in [2.75, 3.05) is 0 Å². The van der Waals surface area contributed by atoms with E-state index >= 15 is 0 Å². The number of phenols is 2. The number of hydrogen-bond acceptors (Lipinski definition) is 2. The van der Waals surface area contributed by atoms with Gasteiger partial charge in [0.25, 0.3) is 0 Å². The van der Waals surface area contributed by atoms with Gasteiger partial charge in [0.15, 0.2) is 0 Å². The molecule has 2 nitrogen and oxygen atoms in total. The highest BCUT2D eigenvalue weighted by atomic mass is 16.3. The smallest absolute Gasteiger partial charge is 0.125 e. The lowest BCUT2D eigenvalue weighted by atomic mass is 9.95. The molecule has 0 atom stereocenters. The number of phenolic OH excluding ortho intramolecular Hbond substituents is 2. The molecule has 0 aliphatic rings. The zero-order valence-corrected chi connectivity index (χ0v) is 16.3. The molecule has 1 rings (SSSR count). The van der Waals surface area contributed by atoms with E-state index in [-0.39, 0.29) is 11.5 Å². The van der Waals surface area contributed by atoms with Crippen LogP contribution in [0.4, 0.5) is 0 Å². The minimum atomic E-state index is 0.232. The molecule has 0 spiro atoms. The Balaban J connectivity index is 2.76. The molecule has 0 bridgehead atoms. The van der Waals surface area contributed by atoms with Crippen molar-refractivity contribution in [3.63, 3.8) is 0 Å². The molecule has 0 aliphatic carbocycles. The van der Waals surface area contributed by atoms with E-state index in [1.165, 1.54) is 31.3 Å². The zero-order chi connectivity index (χ0) is 18.1. The first-order chi connectivity index (χ1) is 11.4. The van der Waals surface area contributed by atoms with Gasteiger partial charge in [0.2, 0.25) is 0 Å². The second-order valence-corrected chi connectivity index (χ2v) is 7.50. The van der Waals surface area contributed by atoms with Crippen LogP contribution in [0.25, 0.3) is 0 Å². The van der Waals surface area contributed by atoms with E-state index in [2.05, 4.69) is 33.8 Å². The van der Waals surface area contributed by atoms with Crippen LogP contribution in [0.15, 0.2) is 17.7 Å². The Kier molecular flexibility index (Phi) is 8.95. The van der Waals surface area contributed by atoms with Crippen LogP contribution < -0.4 is 0 Å². The maximum absolute atomic E-state index is 10.5. The monoisotopic (exact) mass is 332 g/mol. The minimum absolute atomic E-state index is 0.232. The fraction of sp³-hybridized carbons (Fsp3) is 0.636. The molecule has 0 fully saturated rings. The number of aromatic hydroxyl groups is 2. The van der Waals surface area contributed by atoms with Crippen molar-refractivity contribution < 1.29 is 10.2 Å². The highest BCUT2D eigenvalue weighted by Crippen LogP contribution is 2.34. The maximum Gasteiger partial charge on any atom is 0.125 e. The first-order valence-corrected chi connectivity index (χ1v) is 9.55. The fourth-order valence-corrected chi connectivity index (χ4v) is 3.05. The SMILES string of the molecule is CCCCCc1cc(O)c(C/C=C(\C)CCCC(C)C)c(O)c1C. The maximum atomic E-state index is 10.5. The molecule has 0 heterocycles. The lowest BCUT2D eigenvalue weighted by Crippen LogP contribution is -1.96. The molecule has 0 radical (unpaired) electrons. The second kappa shape index (κ2) is 10.4. The van der Waals surface area contributed by atoms with Crippen LogP contribution in [0.1, 0.15) is 82.9 Å². The van der Waals surface area contributed by atoms with Gasteiger partial charge in [0.1, 0.15) is 11.5 Å². The topological polar surface area (TPSA) is 40.5 Å². The largest absolute Gasteiger partial charge is 0.508 e. The Morgan fingerprint density at radius 2 is 1.88 bits per heavy atom. The highest BCUT2D eigenvalue weighted by molar-refractivity contribution is 5.53. The lowest BCUT2D eigenvalue weighted by molar-refractivity contribution is 0.436. The lowest BCUT2D eigenvalue weighted by Gasteiger charge is -2.14. The third kappa shape index (κ3) is 6.59. The first kappa shape index (κ1) is 20.6. The average molecular weight is 333 g/mol. The summed E-state index contributed by atoms with van der Waals surface area (Å²) in [5, 5.41) is 20.8. The molecule has 2 N–H and O–H groups in total. The van der Waals surface area contributed by atoms with E-state index in [4.69, 9.17) is 0 Å². The van der Waals surface area contributed by atoms with Crippen molar-refractivity contribution in [2.24, 2.45) is 5.92 Å². The van der Waals surface area contributed by atoms with Crippen LogP contribution in [-0.4, -0.2) is 10.2 Å². The van der Waals surface area contributed by atoms with Crippen molar-refractivity contribution in [3.8, 4) is 11.5 Å². The van der Waals surface area contributed by atoms with E-state index in [9.17, 15) is 10.2 Å². The first-order valence-electron chi connectivity index (χ1n) is 9.55. The molecule has 0 amide bonds. The average Bonchev–Trinajstić information content (AvgIpc) is 2.51. The van der Waals surface area contributed by atoms with Gasteiger partial charge in [-0.05, 0) is 69.1 Å². The van der Waals surface area contributed by atoms with Crippen molar-refractivity contribution in [1.82, 2.24) is 0 Å². The third-order valence-corrected chi connectivity index (χ3v) is 4.80. The van der Waals surface area contributed by atoms with Gasteiger partial charge >= 0.3 is 0 Å². The molecule has 24 heavy (non-hydrogen) atoms. The summed E-state index contributed by atoms with van der Waals surface area (Å²) in [6.07, 6.45) is 10.7. The number of rotatable bonds is 10. The normalized spacial score (nSPS) is 12.2. The Morgan fingerprint density at radius 3 is 2.50 bits per heavy atom. The van der Waals surface area contributed by atoms with E-state index in [1.54, 1.807) is 0 Å². The van der Waals surface area contributed by atoms with Crippen LogP contribution >= 0.6 is 0 Å². The molecular formula is C22H36O2. The van der Waals surface area contributed by atoms with Gasteiger partial charge in [-0.3, -0.25) is 0 Å². The highest BCUT2D eigenvalue weighted by Gasteiger charge is 2.13. The minimum Gasteiger partial charge on any atom is -0.508 e. The Bertz CT molecular complexity index is 541. The standard InChI is InChI=1S/C22H36O2/c1-6-7-8-12-19-15-21(23)20(22(24)18(19)5)14-13-17(4)11-9-10-16(2)3/h13,15-16,23-24H,6-12,14H2,1-5H3/b17-13+. The van der Waals surface area contributed by atoms with Crippen LogP contribution in [-0.2, 0) is 12.8 Å². The number of hydrogen-bond donors (Lipinski definition) is 2. The predicted molar refractivity (Wildman–Crippen MR) is 104 cm³/mol. The summed E-state index contributed by atoms with van der Waals surface area (Å²) in [5.74, 6) is 1.25. The van der Waals surface area contributed by atoms with Crippen molar-refractivity contribution in [1.29, 1.82) is 0 Å². The molecule has 136 valence electrons.